The zero-order valence-corrected chi connectivity index (χ0v) is 13.5. The van der Waals surface area contributed by atoms with Crippen molar-refractivity contribution in [3.63, 3.8) is 0 Å². The first-order valence-corrected chi connectivity index (χ1v) is 7.46. The lowest BCUT2D eigenvalue weighted by atomic mass is 9.99. The van der Waals surface area contributed by atoms with Crippen molar-refractivity contribution < 1.29 is 8.78 Å². The summed E-state index contributed by atoms with van der Waals surface area (Å²) in [4.78, 5) is 0. The van der Waals surface area contributed by atoms with E-state index in [0.717, 1.165) is 0 Å². The summed E-state index contributed by atoms with van der Waals surface area (Å²) in [6.45, 7) is 0. The second kappa shape index (κ2) is 6.76. The molecule has 20 heavy (non-hydrogen) atoms. The van der Waals surface area contributed by atoms with Crippen molar-refractivity contribution in [1.82, 2.24) is 5.43 Å². The van der Waals surface area contributed by atoms with Crippen molar-refractivity contribution in [1.29, 1.82) is 0 Å². The van der Waals surface area contributed by atoms with Crippen LogP contribution < -0.4 is 11.3 Å². The van der Waals surface area contributed by atoms with Crippen molar-refractivity contribution in [2.45, 2.75) is 12.5 Å². The van der Waals surface area contributed by atoms with Gasteiger partial charge in [-0.1, -0.05) is 24.3 Å². The summed E-state index contributed by atoms with van der Waals surface area (Å²) < 4.78 is 28.3. The van der Waals surface area contributed by atoms with Crippen molar-refractivity contribution in [2.75, 3.05) is 0 Å². The third-order valence-electron chi connectivity index (χ3n) is 3.01. The summed E-state index contributed by atoms with van der Waals surface area (Å²) >= 11 is 6.34. The zero-order chi connectivity index (χ0) is 14.7. The van der Waals surface area contributed by atoms with E-state index in [1.54, 1.807) is 30.3 Å². The van der Waals surface area contributed by atoms with Crippen molar-refractivity contribution in [2.24, 2.45) is 5.84 Å². The van der Waals surface area contributed by atoms with E-state index in [1.165, 1.54) is 6.07 Å². The van der Waals surface area contributed by atoms with Gasteiger partial charge in [0.15, 0.2) is 0 Å². The Kier molecular flexibility index (Phi) is 5.26. The van der Waals surface area contributed by atoms with E-state index in [4.69, 9.17) is 5.84 Å². The average molecular weight is 406 g/mol. The summed E-state index contributed by atoms with van der Waals surface area (Å²) in [5.74, 6) is 4.79. The Morgan fingerprint density at radius 1 is 1.10 bits per heavy atom. The molecule has 0 aliphatic heterocycles. The molecule has 0 aromatic heterocycles. The van der Waals surface area contributed by atoms with Crippen molar-refractivity contribution in [3.8, 4) is 0 Å². The predicted octanol–water partition coefficient (Wildman–Crippen LogP) is 4.24. The fraction of sp³-hybridized carbons (Fsp3) is 0.143. The summed E-state index contributed by atoms with van der Waals surface area (Å²) in [7, 11) is 0. The van der Waals surface area contributed by atoms with Crippen LogP contribution in [0.1, 0.15) is 17.2 Å². The van der Waals surface area contributed by atoms with Crippen molar-refractivity contribution in [3.05, 3.63) is 68.1 Å². The van der Waals surface area contributed by atoms with E-state index in [9.17, 15) is 8.78 Å². The third-order valence-corrected chi connectivity index (χ3v) is 4.51. The third kappa shape index (κ3) is 3.25. The largest absolute Gasteiger partial charge is 0.271 e. The highest BCUT2D eigenvalue weighted by Crippen LogP contribution is 2.29. The maximum atomic E-state index is 14.1. The van der Waals surface area contributed by atoms with Gasteiger partial charge in [-0.05, 0) is 56.0 Å². The number of hydrogen-bond donors (Lipinski definition) is 2. The lowest BCUT2D eigenvalue weighted by molar-refractivity contribution is 0.506. The molecule has 3 N–H and O–H groups in total. The van der Waals surface area contributed by atoms with Crippen molar-refractivity contribution >= 4 is 31.9 Å². The molecule has 0 bridgehead atoms. The van der Waals surface area contributed by atoms with Gasteiger partial charge in [0, 0.05) is 5.56 Å². The Labute approximate surface area is 132 Å². The monoisotopic (exact) mass is 404 g/mol. The summed E-state index contributed by atoms with van der Waals surface area (Å²) in [5.41, 5.74) is 3.72. The maximum Gasteiger partial charge on any atom is 0.142 e. The smallest absolute Gasteiger partial charge is 0.142 e. The van der Waals surface area contributed by atoms with E-state index in [-0.39, 0.29) is 11.6 Å². The van der Waals surface area contributed by atoms with Crippen LogP contribution in [0.2, 0.25) is 0 Å². The Morgan fingerprint density at radius 2 is 1.80 bits per heavy atom. The molecule has 1 unspecified atom stereocenters. The molecule has 2 aromatic carbocycles. The van der Waals surface area contributed by atoms with Crippen LogP contribution in [0.25, 0.3) is 0 Å². The Hall–Kier alpha value is -0.820. The number of halogens is 4. The first-order valence-electron chi connectivity index (χ1n) is 5.87. The SMILES string of the molecule is NNC(Cc1cccc(F)c1Br)c1cccc(Br)c1F. The van der Waals surface area contributed by atoms with E-state index in [0.29, 0.717) is 26.5 Å². The number of nitrogens with two attached hydrogens (primary N) is 1. The number of hydrogen-bond acceptors (Lipinski definition) is 2. The molecule has 106 valence electrons. The molecule has 0 spiro atoms. The quantitative estimate of drug-likeness (QED) is 0.589. The van der Waals surface area contributed by atoms with Gasteiger partial charge in [0.1, 0.15) is 11.6 Å². The van der Waals surface area contributed by atoms with Crippen LogP contribution >= 0.6 is 31.9 Å². The number of nitrogens with one attached hydrogen (secondary N) is 1. The van der Waals surface area contributed by atoms with Crippen LogP contribution in [0.5, 0.6) is 0 Å². The minimum atomic E-state index is -0.453. The molecule has 1 atom stereocenters. The zero-order valence-electron chi connectivity index (χ0n) is 10.3. The van der Waals surface area contributed by atoms with Gasteiger partial charge in [0.2, 0.25) is 0 Å². The Balaban J connectivity index is 2.34. The summed E-state index contributed by atoms with van der Waals surface area (Å²) in [6.07, 6.45) is 0.363. The van der Waals surface area contributed by atoms with E-state index in [2.05, 4.69) is 37.3 Å². The molecule has 0 saturated heterocycles. The number of hydrazine groups is 1. The first-order chi connectivity index (χ1) is 9.54. The van der Waals surface area contributed by atoms with Gasteiger partial charge in [-0.2, -0.15) is 0 Å². The van der Waals surface area contributed by atoms with Crippen LogP contribution in [0, 0.1) is 11.6 Å². The normalized spacial score (nSPS) is 12.4. The van der Waals surface area contributed by atoms with Gasteiger partial charge in [-0.3, -0.25) is 11.3 Å². The Bertz CT molecular complexity index is 620. The highest BCUT2D eigenvalue weighted by atomic mass is 79.9. The minimum Gasteiger partial charge on any atom is -0.271 e. The van der Waals surface area contributed by atoms with Gasteiger partial charge in [0.05, 0.1) is 15.0 Å². The predicted molar refractivity (Wildman–Crippen MR) is 82.0 cm³/mol. The van der Waals surface area contributed by atoms with Gasteiger partial charge >= 0.3 is 0 Å². The molecule has 0 saturated carbocycles. The highest BCUT2D eigenvalue weighted by molar-refractivity contribution is 9.10. The van der Waals surface area contributed by atoms with Crippen LogP contribution in [-0.2, 0) is 6.42 Å². The van der Waals surface area contributed by atoms with Crippen LogP contribution in [-0.4, -0.2) is 0 Å². The van der Waals surface area contributed by atoms with Crippen LogP contribution in [0.4, 0.5) is 8.78 Å². The first kappa shape index (κ1) is 15.6. The molecule has 0 radical (unpaired) electrons. The standard InChI is InChI=1S/C14H12Br2F2N2/c15-10-5-2-4-9(14(10)18)12(20-19)7-8-3-1-6-11(17)13(8)16/h1-6,12,20H,7,19H2. The molecule has 2 rings (SSSR count). The van der Waals surface area contributed by atoms with Gasteiger partial charge < -0.3 is 0 Å². The molecule has 2 nitrogen and oxygen atoms in total. The molecule has 0 heterocycles. The fourth-order valence-corrected chi connectivity index (χ4v) is 2.78. The van der Waals surface area contributed by atoms with Gasteiger partial charge in [0.25, 0.3) is 0 Å². The van der Waals surface area contributed by atoms with Crippen LogP contribution in [0.15, 0.2) is 45.3 Å². The molecule has 0 fully saturated rings. The lowest BCUT2D eigenvalue weighted by Gasteiger charge is -2.18. The molecular weight excluding hydrogens is 394 g/mol. The number of rotatable bonds is 4. The lowest BCUT2D eigenvalue weighted by Crippen LogP contribution is -2.30. The molecule has 6 heteroatoms. The van der Waals surface area contributed by atoms with Gasteiger partial charge in [-0.15, -0.1) is 0 Å². The molecule has 0 amide bonds. The summed E-state index contributed by atoms with van der Waals surface area (Å²) in [5, 5.41) is 0. The maximum absolute atomic E-state index is 14.1. The van der Waals surface area contributed by atoms with Gasteiger partial charge in [-0.25, -0.2) is 8.78 Å². The average Bonchev–Trinajstić information content (AvgIpc) is 2.44. The molecular formula is C14H12Br2F2N2. The van der Waals surface area contributed by atoms with E-state index < -0.39 is 6.04 Å². The van der Waals surface area contributed by atoms with E-state index in [1.807, 2.05) is 0 Å². The summed E-state index contributed by atoms with van der Waals surface area (Å²) in [6, 6.07) is 9.28. The van der Waals surface area contributed by atoms with E-state index >= 15 is 0 Å². The topological polar surface area (TPSA) is 38.0 Å². The molecule has 0 aliphatic carbocycles. The fourth-order valence-electron chi connectivity index (χ4n) is 1.97. The minimum absolute atomic E-state index is 0.354. The molecule has 0 aliphatic rings. The highest BCUT2D eigenvalue weighted by Gasteiger charge is 2.18. The second-order valence-corrected chi connectivity index (χ2v) is 5.93. The molecule has 2 aromatic rings. The second-order valence-electron chi connectivity index (χ2n) is 4.28. The Morgan fingerprint density at radius 3 is 2.50 bits per heavy atom. The number of benzene rings is 2. The van der Waals surface area contributed by atoms with Crippen LogP contribution in [0.3, 0.4) is 0 Å².